The summed E-state index contributed by atoms with van der Waals surface area (Å²) in [6, 6.07) is 5.06. The molecule has 1 saturated carbocycles. The lowest BCUT2D eigenvalue weighted by molar-refractivity contribution is -0.137. The summed E-state index contributed by atoms with van der Waals surface area (Å²) in [7, 11) is 0. The van der Waals surface area contributed by atoms with Crippen LogP contribution in [0, 0.1) is 0 Å². The van der Waals surface area contributed by atoms with Crippen LogP contribution in [0.5, 0.6) is 0 Å². The number of carbonyl (C=O) groups excluding carboxylic acids is 1. The molecule has 0 spiro atoms. The molecule has 2 aromatic rings. The Hall–Kier alpha value is -2.39. The van der Waals surface area contributed by atoms with Crippen molar-refractivity contribution < 1.29 is 27.2 Å². The molecule has 6 nitrogen and oxygen atoms in total. The first-order chi connectivity index (χ1) is 14.9. The van der Waals surface area contributed by atoms with Gasteiger partial charge in [0, 0.05) is 43.0 Å². The first-order valence-electron chi connectivity index (χ1n) is 10.7. The highest BCUT2D eigenvalue weighted by Gasteiger charge is 2.31. The molecule has 168 valence electrons. The maximum Gasteiger partial charge on any atom is 0.416 e. The molecule has 1 amide bonds. The van der Waals surface area contributed by atoms with Gasteiger partial charge in [-0.1, -0.05) is 30.1 Å². The van der Waals surface area contributed by atoms with Crippen molar-refractivity contribution in [3.05, 3.63) is 41.1 Å². The molecule has 31 heavy (non-hydrogen) atoms. The molecule has 1 aromatic heterocycles. The Morgan fingerprint density at radius 1 is 1.03 bits per heavy atom. The number of alkyl halides is 3. The molecule has 2 aliphatic rings. The Morgan fingerprint density at radius 3 is 2.35 bits per heavy atom. The normalized spacial score (nSPS) is 18.4. The van der Waals surface area contributed by atoms with Crippen molar-refractivity contribution in [3.63, 3.8) is 0 Å². The number of hydrogen-bond acceptors (Lipinski definition) is 5. The molecule has 0 radical (unpaired) electrons. The highest BCUT2D eigenvalue weighted by atomic mass is 19.4. The number of nitrogens with zero attached hydrogens (tertiary/aromatic N) is 1. The predicted octanol–water partition coefficient (Wildman–Crippen LogP) is 4.30. The number of carbonyl (C=O) groups is 1. The summed E-state index contributed by atoms with van der Waals surface area (Å²) in [6.45, 7) is 1.67. The molecule has 2 fully saturated rings. The number of nitrogens with one attached hydrogen (secondary N) is 2. The molecular weight excluding hydrogens is 411 g/mol. The van der Waals surface area contributed by atoms with Gasteiger partial charge in [-0.15, -0.1) is 0 Å². The first kappa shape index (κ1) is 21.8. The van der Waals surface area contributed by atoms with Crippen LogP contribution in [0.1, 0.15) is 60.1 Å². The average molecular weight is 437 g/mol. The third kappa shape index (κ3) is 5.27. The van der Waals surface area contributed by atoms with Crippen LogP contribution in [-0.2, 0) is 17.5 Å². The van der Waals surface area contributed by atoms with E-state index < -0.39 is 11.7 Å². The van der Waals surface area contributed by atoms with Crippen molar-refractivity contribution in [1.29, 1.82) is 0 Å². The molecule has 1 saturated heterocycles. The van der Waals surface area contributed by atoms with Crippen LogP contribution in [0.3, 0.4) is 0 Å². The van der Waals surface area contributed by atoms with E-state index in [1.807, 2.05) is 0 Å². The van der Waals surface area contributed by atoms with E-state index in [0.29, 0.717) is 36.6 Å². The van der Waals surface area contributed by atoms with Crippen molar-refractivity contribution in [2.75, 3.05) is 13.2 Å². The lowest BCUT2D eigenvalue weighted by atomic mass is 10.0. The molecule has 9 heteroatoms. The van der Waals surface area contributed by atoms with E-state index in [2.05, 4.69) is 15.8 Å². The summed E-state index contributed by atoms with van der Waals surface area (Å²) in [5.74, 6) is 0.00226. The number of rotatable bonds is 6. The minimum atomic E-state index is -4.42. The molecule has 0 bridgehead atoms. The second-order valence-corrected chi connectivity index (χ2v) is 8.14. The summed E-state index contributed by atoms with van der Waals surface area (Å²) in [6.07, 6.45) is 1.32. The number of hydrogen-bond donors (Lipinski definition) is 2. The van der Waals surface area contributed by atoms with Crippen molar-refractivity contribution in [2.45, 2.75) is 63.3 Å². The van der Waals surface area contributed by atoms with E-state index in [0.717, 1.165) is 50.7 Å². The summed E-state index contributed by atoms with van der Waals surface area (Å²) < 4.78 is 49.6. The zero-order valence-corrected chi connectivity index (χ0v) is 17.1. The maximum atomic E-state index is 12.9. The third-order valence-corrected chi connectivity index (χ3v) is 5.96. The Kier molecular flexibility index (Phi) is 6.62. The van der Waals surface area contributed by atoms with E-state index in [4.69, 9.17) is 9.26 Å². The minimum absolute atomic E-state index is 0.120. The van der Waals surface area contributed by atoms with Crippen LogP contribution in [0.4, 0.5) is 13.2 Å². The van der Waals surface area contributed by atoms with E-state index in [-0.39, 0.29) is 23.7 Å². The van der Waals surface area contributed by atoms with Crippen LogP contribution in [-0.4, -0.2) is 36.4 Å². The Bertz CT molecular complexity index is 884. The minimum Gasteiger partial charge on any atom is -0.381 e. The van der Waals surface area contributed by atoms with Gasteiger partial charge >= 0.3 is 6.18 Å². The summed E-state index contributed by atoms with van der Waals surface area (Å²) >= 11 is 0. The maximum absolute atomic E-state index is 12.9. The molecule has 1 aliphatic carbocycles. The highest BCUT2D eigenvalue weighted by molar-refractivity contribution is 5.95. The van der Waals surface area contributed by atoms with Gasteiger partial charge in [0.25, 0.3) is 5.91 Å². The van der Waals surface area contributed by atoms with Gasteiger partial charge in [-0.3, -0.25) is 4.79 Å². The fraction of sp³-hybridized carbons (Fsp3) is 0.545. The van der Waals surface area contributed by atoms with Crippen LogP contribution in [0.25, 0.3) is 11.3 Å². The quantitative estimate of drug-likeness (QED) is 0.705. The molecule has 1 aromatic carbocycles. The Morgan fingerprint density at radius 2 is 1.71 bits per heavy atom. The Labute approximate surface area is 178 Å². The number of amides is 1. The van der Waals surface area contributed by atoms with Crippen molar-refractivity contribution in [2.24, 2.45) is 0 Å². The van der Waals surface area contributed by atoms with Gasteiger partial charge in [-0.2, -0.15) is 13.2 Å². The van der Waals surface area contributed by atoms with Crippen LogP contribution < -0.4 is 10.6 Å². The SMILES string of the molecule is O=C(NC1CCCC1)c1noc(-c2ccc(C(F)(F)F)cc2)c1CNC1CCOCC1. The standard InChI is InChI=1S/C22H26F3N3O3/c23-22(24,25)15-7-5-14(6-8-15)20-18(13-26-16-9-11-30-12-10-16)19(28-31-20)21(29)27-17-3-1-2-4-17/h5-8,16-17,26H,1-4,9-13H2,(H,27,29). The van der Waals surface area contributed by atoms with Crippen molar-refractivity contribution in [1.82, 2.24) is 15.8 Å². The smallest absolute Gasteiger partial charge is 0.381 e. The largest absolute Gasteiger partial charge is 0.416 e. The van der Waals surface area contributed by atoms with Gasteiger partial charge in [0.05, 0.1) is 5.56 Å². The number of halogens is 3. The lowest BCUT2D eigenvalue weighted by Crippen LogP contribution is -2.36. The summed E-state index contributed by atoms with van der Waals surface area (Å²) in [5, 5.41) is 10.4. The summed E-state index contributed by atoms with van der Waals surface area (Å²) in [5.41, 5.74) is 0.448. The van der Waals surface area contributed by atoms with Crippen LogP contribution in [0.15, 0.2) is 28.8 Å². The van der Waals surface area contributed by atoms with Crippen LogP contribution >= 0.6 is 0 Å². The average Bonchev–Trinajstić information content (AvgIpc) is 3.42. The topological polar surface area (TPSA) is 76.4 Å². The van der Waals surface area contributed by atoms with Crippen molar-refractivity contribution in [3.8, 4) is 11.3 Å². The van der Waals surface area contributed by atoms with Gasteiger partial charge < -0.3 is 19.9 Å². The molecular formula is C22H26F3N3O3. The molecule has 1 aliphatic heterocycles. The second kappa shape index (κ2) is 9.40. The monoisotopic (exact) mass is 437 g/mol. The number of aromatic nitrogens is 1. The van der Waals surface area contributed by atoms with E-state index in [9.17, 15) is 18.0 Å². The fourth-order valence-electron chi connectivity index (χ4n) is 4.16. The zero-order chi connectivity index (χ0) is 21.8. The zero-order valence-electron chi connectivity index (χ0n) is 17.1. The molecule has 2 heterocycles. The van der Waals surface area contributed by atoms with E-state index in [1.54, 1.807) is 0 Å². The van der Waals surface area contributed by atoms with Crippen LogP contribution in [0.2, 0.25) is 0 Å². The predicted molar refractivity (Wildman–Crippen MR) is 107 cm³/mol. The lowest BCUT2D eigenvalue weighted by Gasteiger charge is -2.23. The number of benzene rings is 1. The van der Waals surface area contributed by atoms with Gasteiger partial charge in [0.2, 0.25) is 0 Å². The van der Waals surface area contributed by atoms with Crippen molar-refractivity contribution >= 4 is 5.91 Å². The molecule has 0 atom stereocenters. The Balaban J connectivity index is 1.58. The summed E-state index contributed by atoms with van der Waals surface area (Å²) in [4.78, 5) is 12.9. The fourth-order valence-corrected chi connectivity index (χ4v) is 4.16. The van der Waals surface area contributed by atoms with Gasteiger partial charge in [-0.25, -0.2) is 0 Å². The third-order valence-electron chi connectivity index (χ3n) is 5.96. The van der Waals surface area contributed by atoms with E-state index >= 15 is 0 Å². The van der Waals surface area contributed by atoms with Gasteiger partial charge in [0.15, 0.2) is 11.5 Å². The van der Waals surface area contributed by atoms with E-state index in [1.165, 1.54) is 12.1 Å². The van der Waals surface area contributed by atoms with Gasteiger partial charge in [-0.05, 0) is 37.8 Å². The number of ether oxygens (including phenoxy) is 1. The highest BCUT2D eigenvalue weighted by Crippen LogP contribution is 2.33. The molecule has 0 unspecified atom stereocenters. The first-order valence-corrected chi connectivity index (χ1v) is 10.7. The molecule has 4 rings (SSSR count). The van der Waals surface area contributed by atoms with Gasteiger partial charge in [0.1, 0.15) is 0 Å². The molecule has 2 N–H and O–H groups in total. The second-order valence-electron chi connectivity index (χ2n) is 8.14.